The summed E-state index contributed by atoms with van der Waals surface area (Å²) in [5.41, 5.74) is 6.45. The molecule has 27 heavy (non-hydrogen) atoms. The summed E-state index contributed by atoms with van der Waals surface area (Å²) < 4.78 is 31.8. The van der Waals surface area contributed by atoms with Crippen LogP contribution in [0.5, 0.6) is 5.75 Å². The van der Waals surface area contributed by atoms with Crippen molar-refractivity contribution >= 4 is 39.7 Å². The highest BCUT2D eigenvalue weighted by molar-refractivity contribution is 7.92. The number of nitrogens with one attached hydrogen (secondary N) is 2. The molecule has 4 N–H and O–H groups in total. The number of anilines is 2. The van der Waals surface area contributed by atoms with Crippen LogP contribution in [0.2, 0.25) is 0 Å². The van der Waals surface area contributed by atoms with E-state index in [0.29, 0.717) is 31.0 Å². The number of carbonyl (C=O) groups excluding carboxylic acids is 1. The lowest BCUT2D eigenvalue weighted by Crippen LogP contribution is -2.20. The minimum absolute atomic E-state index is 0. The van der Waals surface area contributed by atoms with Crippen LogP contribution in [0.15, 0.2) is 48.5 Å². The number of halogens is 1. The summed E-state index contributed by atoms with van der Waals surface area (Å²) >= 11 is 0. The van der Waals surface area contributed by atoms with E-state index in [1.807, 2.05) is 0 Å². The normalized spacial score (nSPS) is 10.6. The van der Waals surface area contributed by atoms with Crippen LogP contribution in [0.4, 0.5) is 11.4 Å². The maximum Gasteiger partial charge on any atom is 0.257 e. The number of hydrogen-bond donors (Lipinski definition) is 3. The summed E-state index contributed by atoms with van der Waals surface area (Å²) in [6.07, 6.45) is 0.488. The maximum atomic E-state index is 12.5. The molecule has 148 valence electrons. The Balaban J connectivity index is 0.00000364. The fraction of sp³-hybridized carbons (Fsp3) is 0.278. The molecule has 0 unspecified atom stereocenters. The molecule has 2 aromatic rings. The third-order valence-electron chi connectivity index (χ3n) is 3.41. The number of hydrogen-bond acceptors (Lipinski definition) is 5. The summed E-state index contributed by atoms with van der Waals surface area (Å²) in [6.45, 7) is 2.61. The Bertz CT molecular complexity index is 842. The van der Waals surface area contributed by atoms with E-state index in [1.165, 1.54) is 0 Å². The minimum atomic E-state index is -3.48. The van der Waals surface area contributed by atoms with Crippen molar-refractivity contribution in [2.75, 3.05) is 28.9 Å². The van der Waals surface area contributed by atoms with Crippen LogP contribution in [-0.4, -0.2) is 33.2 Å². The van der Waals surface area contributed by atoms with Crippen LogP contribution in [0.1, 0.15) is 23.7 Å². The highest BCUT2D eigenvalue weighted by Gasteiger charge is 2.16. The summed E-state index contributed by atoms with van der Waals surface area (Å²) in [5, 5.41) is 2.75. The lowest BCUT2D eigenvalue weighted by Gasteiger charge is -2.12. The van der Waals surface area contributed by atoms with Gasteiger partial charge in [-0.05, 0) is 42.8 Å². The van der Waals surface area contributed by atoms with Crippen molar-refractivity contribution in [3.8, 4) is 5.75 Å². The molecule has 1 amide bonds. The highest BCUT2D eigenvalue weighted by atomic mass is 35.5. The summed E-state index contributed by atoms with van der Waals surface area (Å²) in [5.74, 6) is 0.240. The Labute approximate surface area is 165 Å². The molecule has 0 heterocycles. The van der Waals surface area contributed by atoms with Crippen LogP contribution < -0.4 is 20.5 Å². The molecule has 7 nitrogen and oxygen atoms in total. The van der Waals surface area contributed by atoms with Gasteiger partial charge in [0.1, 0.15) is 12.4 Å². The molecule has 9 heteroatoms. The first-order chi connectivity index (χ1) is 12.4. The van der Waals surface area contributed by atoms with E-state index in [1.54, 1.807) is 55.5 Å². The van der Waals surface area contributed by atoms with E-state index < -0.39 is 15.9 Å². The quantitative estimate of drug-likeness (QED) is 0.585. The molecule has 0 bridgehead atoms. The predicted octanol–water partition coefficient (Wildman–Crippen LogP) is 2.85. The second kappa shape index (κ2) is 10.8. The number of carbonyl (C=O) groups is 1. The number of benzene rings is 2. The first-order valence-electron chi connectivity index (χ1n) is 8.29. The monoisotopic (exact) mass is 413 g/mol. The fourth-order valence-corrected chi connectivity index (χ4v) is 3.42. The number of ether oxygens (including phenoxy) is 1. The number of amides is 1. The van der Waals surface area contributed by atoms with Crippen LogP contribution >= 0.6 is 12.4 Å². The van der Waals surface area contributed by atoms with Crippen molar-refractivity contribution in [1.82, 2.24) is 0 Å². The molecule has 0 aliphatic heterocycles. The zero-order valence-corrected chi connectivity index (χ0v) is 16.6. The molecule has 0 aromatic heterocycles. The van der Waals surface area contributed by atoms with Gasteiger partial charge in [-0.15, -0.1) is 12.4 Å². The number of rotatable bonds is 9. The van der Waals surface area contributed by atoms with Gasteiger partial charge in [-0.3, -0.25) is 9.52 Å². The molecule has 0 fully saturated rings. The van der Waals surface area contributed by atoms with E-state index in [0.717, 1.165) is 0 Å². The molecule has 0 saturated heterocycles. The van der Waals surface area contributed by atoms with Gasteiger partial charge >= 0.3 is 0 Å². The van der Waals surface area contributed by atoms with Crippen molar-refractivity contribution in [3.05, 3.63) is 54.1 Å². The topological polar surface area (TPSA) is 111 Å². The lowest BCUT2D eigenvalue weighted by atomic mass is 10.1. The Hall–Kier alpha value is -2.29. The molecule has 0 aliphatic carbocycles. The first-order valence-corrected chi connectivity index (χ1v) is 9.94. The van der Waals surface area contributed by atoms with Gasteiger partial charge in [-0.25, -0.2) is 8.42 Å². The number of nitrogens with two attached hydrogens (primary N) is 1. The van der Waals surface area contributed by atoms with Gasteiger partial charge in [0.15, 0.2) is 0 Å². The molecule has 0 atom stereocenters. The summed E-state index contributed by atoms with van der Waals surface area (Å²) in [7, 11) is -3.48. The van der Waals surface area contributed by atoms with Crippen molar-refractivity contribution in [2.24, 2.45) is 5.73 Å². The zero-order valence-electron chi connectivity index (χ0n) is 15.0. The largest absolute Gasteiger partial charge is 0.492 e. The van der Waals surface area contributed by atoms with E-state index in [4.69, 9.17) is 10.5 Å². The van der Waals surface area contributed by atoms with Gasteiger partial charge in [0, 0.05) is 12.2 Å². The molecule has 0 aliphatic rings. The third-order valence-corrected chi connectivity index (χ3v) is 4.89. The van der Waals surface area contributed by atoms with Gasteiger partial charge < -0.3 is 15.8 Å². The van der Waals surface area contributed by atoms with E-state index in [9.17, 15) is 13.2 Å². The average Bonchev–Trinajstić information content (AvgIpc) is 2.61. The molecule has 0 saturated carbocycles. The van der Waals surface area contributed by atoms with E-state index in [2.05, 4.69) is 10.0 Å². The second-order valence-corrected chi connectivity index (χ2v) is 7.42. The standard InChI is InChI=1S/C18H23N3O4S.ClH/c1-2-13-26(23,24)21-17-6-4-3-5-16(17)18(22)20-14-7-9-15(10-8-14)25-12-11-19;/h3-10,21H,2,11-13,19H2,1H3,(H,20,22);1H. The smallest absolute Gasteiger partial charge is 0.257 e. The Morgan fingerprint density at radius 3 is 2.41 bits per heavy atom. The predicted molar refractivity (Wildman–Crippen MR) is 110 cm³/mol. The average molecular weight is 414 g/mol. The highest BCUT2D eigenvalue weighted by Crippen LogP contribution is 2.20. The van der Waals surface area contributed by atoms with Crippen molar-refractivity contribution in [1.29, 1.82) is 0 Å². The SMILES string of the molecule is CCCS(=O)(=O)Nc1ccccc1C(=O)Nc1ccc(OCCN)cc1.Cl. The second-order valence-electron chi connectivity index (χ2n) is 5.58. The maximum absolute atomic E-state index is 12.5. The number of para-hydroxylation sites is 1. The first kappa shape index (κ1) is 22.8. The van der Waals surface area contributed by atoms with Gasteiger partial charge in [0.05, 0.1) is 17.0 Å². The van der Waals surface area contributed by atoms with Crippen molar-refractivity contribution in [3.63, 3.8) is 0 Å². The summed E-state index contributed by atoms with van der Waals surface area (Å²) in [4.78, 5) is 12.5. The van der Waals surface area contributed by atoms with Gasteiger partial charge in [-0.2, -0.15) is 0 Å². The minimum Gasteiger partial charge on any atom is -0.492 e. The fourth-order valence-electron chi connectivity index (χ4n) is 2.27. The van der Waals surface area contributed by atoms with Crippen LogP contribution in [0, 0.1) is 0 Å². The van der Waals surface area contributed by atoms with E-state index >= 15 is 0 Å². The zero-order chi connectivity index (χ0) is 19.0. The molecule has 2 aromatic carbocycles. The molecule has 0 spiro atoms. The van der Waals surface area contributed by atoms with Crippen LogP contribution in [0.3, 0.4) is 0 Å². The Kier molecular flexibility index (Phi) is 9.07. The number of sulfonamides is 1. The summed E-state index contributed by atoms with van der Waals surface area (Å²) in [6, 6.07) is 13.3. The molecular formula is C18H24ClN3O4S. The van der Waals surface area contributed by atoms with Gasteiger partial charge in [0.25, 0.3) is 5.91 Å². The molecule has 0 radical (unpaired) electrons. The Morgan fingerprint density at radius 1 is 1.11 bits per heavy atom. The lowest BCUT2D eigenvalue weighted by molar-refractivity contribution is 0.102. The third kappa shape index (κ3) is 7.09. The molecule has 2 rings (SSSR count). The van der Waals surface area contributed by atoms with Crippen LogP contribution in [-0.2, 0) is 10.0 Å². The Morgan fingerprint density at radius 2 is 1.78 bits per heavy atom. The van der Waals surface area contributed by atoms with E-state index in [-0.39, 0.29) is 29.4 Å². The van der Waals surface area contributed by atoms with Crippen molar-refractivity contribution in [2.45, 2.75) is 13.3 Å². The van der Waals surface area contributed by atoms with Gasteiger partial charge in [0.2, 0.25) is 10.0 Å². The molecular weight excluding hydrogens is 390 g/mol. The van der Waals surface area contributed by atoms with Crippen molar-refractivity contribution < 1.29 is 17.9 Å². The van der Waals surface area contributed by atoms with Gasteiger partial charge in [-0.1, -0.05) is 19.1 Å². The van der Waals surface area contributed by atoms with Crippen LogP contribution in [0.25, 0.3) is 0 Å².